The van der Waals surface area contributed by atoms with Crippen molar-refractivity contribution in [1.82, 2.24) is 0 Å². The van der Waals surface area contributed by atoms with Crippen LogP contribution in [-0.2, 0) is 19.1 Å². The quantitative estimate of drug-likeness (QED) is 0.282. The summed E-state index contributed by atoms with van der Waals surface area (Å²) in [6, 6.07) is 9.01. The van der Waals surface area contributed by atoms with Gasteiger partial charge in [-0.05, 0) is 77.5 Å². The lowest BCUT2D eigenvalue weighted by Gasteiger charge is -2.36. The number of phenolic OH excluding ortho intramolecular Hbond substituents is 1. The SMILES string of the molecule is CCOCCOC(=O)C1C(C)=NC2=C(C(=O)C[C@H](c3ccc(OC)c(OC)c3)C2)[C@@H]1c1cc(Br)c(O)c(OC)c1. The van der Waals surface area contributed by atoms with E-state index in [4.69, 9.17) is 28.7 Å². The van der Waals surface area contributed by atoms with Crippen molar-refractivity contribution in [2.45, 2.75) is 38.5 Å². The van der Waals surface area contributed by atoms with Crippen LogP contribution in [0.3, 0.4) is 0 Å². The van der Waals surface area contributed by atoms with Crippen molar-refractivity contribution in [3.8, 4) is 23.0 Å². The molecule has 2 aliphatic rings. The number of esters is 1. The van der Waals surface area contributed by atoms with E-state index in [9.17, 15) is 14.7 Å². The molecule has 0 spiro atoms. The minimum absolute atomic E-state index is 0.0685. The van der Waals surface area contributed by atoms with Gasteiger partial charge in [0.1, 0.15) is 12.5 Å². The molecule has 0 bridgehead atoms. The molecule has 1 heterocycles. The Balaban J connectivity index is 1.78. The van der Waals surface area contributed by atoms with Crippen LogP contribution in [0.4, 0.5) is 0 Å². The molecule has 0 saturated heterocycles. The minimum Gasteiger partial charge on any atom is -0.503 e. The molecule has 0 aromatic heterocycles. The summed E-state index contributed by atoms with van der Waals surface area (Å²) in [7, 11) is 4.60. The van der Waals surface area contributed by atoms with Crippen molar-refractivity contribution in [1.29, 1.82) is 0 Å². The maximum atomic E-state index is 13.9. The molecule has 1 N–H and O–H groups in total. The van der Waals surface area contributed by atoms with E-state index >= 15 is 0 Å². The predicted octanol–water partition coefficient (Wildman–Crippen LogP) is 5.34. The number of hydrogen-bond acceptors (Lipinski definition) is 9. The number of carbonyl (C=O) groups excluding carboxylic acids is 2. The average molecular weight is 617 g/mol. The molecule has 1 unspecified atom stereocenters. The summed E-state index contributed by atoms with van der Waals surface area (Å²) in [4.78, 5) is 32.2. The Kier molecular flexibility index (Phi) is 9.52. The third kappa shape index (κ3) is 5.88. The molecule has 0 saturated carbocycles. The molecule has 2 aromatic rings. The summed E-state index contributed by atoms with van der Waals surface area (Å²) in [5.74, 6) is -0.865. The largest absolute Gasteiger partial charge is 0.503 e. The first-order chi connectivity index (χ1) is 19.2. The van der Waals surface area contributed by atoms with E-state index in [1.165, 1.54) is 7.11 Å². The van der Waals surface area contributed by atoms with Crippen molar-refractivity contribution in [2.75, 3.05) is 41.2 Å². The van der Waals surface area contributed by atoms with Gasteiger partial charge in [-0.15, -0.1) is 0 Å². The van der Waals surface area contributed by atoms with Crippen molar-refractivity contribution in [3.05, 3.63) is 57.2 Å². The minimum atomic E-state index is -0.830. The second-order valence-corrected chi connectivity index (χ2v) is 10.5. The summed E-state index contributed by atoms with van der Waals surface area (Å²) >= 11 is 3.39. The number of hydrogen-bond donors (Lipinski definition) is 1. The molecule has 0 fully saturated rings. The molecule has 1 aliphatic heterocycles. The Hall–Kier alpha value is -3.37. The molecule has 2 aromatic carbocycles. The summed E-state index contributed by atoms with van der Waals surface area (Å²) in [6.07, 6.45) is 0.745. The summed E-state index contributed by atoms with van der Waals surface area (Å²) in [5.41, 5.74) is 3.24. The number of aliphatic imine (C=N–C) groups is 1. The van der Waals surface area contributed by atoms with Gasteiger partial charge in [0.05, 0.1) is 32.4 Å². The highest BCUT2D eigenvalue weighted by Gasteiger charge is 2.45. The number of halogens is 1. The van der Waals surface area contributed by atoms with Crippen LogP contribution in [0.15, 0.2) is 51.1 Å². The van der Waals surface area contributed by atoms with Crippen LogP contribution in [0.2, 0.25) is 0 Å². The Bertz CT molecular complexity index is 1350. The van der Waals surface area contributed by atoms with Gasteiger partial charge in [-0.3, -0.25) is 14.6 Å². The second-order valence-electron chi connectivity index (χ2n) is 9.63. The van der Waals surface area contributed by atoms with Crippen LogP contribution >= 0.6 is 15.9 Å². The lowest BCUT2D eigenvalue weighted by Crippen LogP contribution is -2.38. The number of phenols is 1. The van der Waals surface area contributed by atoms with Crippen LogP contribution in [0, 0.1) is 5.92 Å². The number of carbonyl (C=O) groups is 2. The Morgan fingerprint density at radius 3 is 2.38 bits per heavy atom. The molecule has 3 atom stereocenters. The van der Waals surface area contributed by atoms with Gasteiger partial charge in [0.25, 0.3) is 0 Å². The summed E-state index contributed by atoms with van der Waals surface area (Å²) in [6.45, 7) is 4.52. The molecule has 214 valence electrons. The predicted molar refractivity (Wildman–Crippen MR) is 153 cm³/mol. The number of ether oxygens (including phenoxy) is 5. The number of allylic oxidation sites excluding steroid dienone is 2. The maximum Gasteiger partial charge on any atom is 0.315 e. The fourth-order valence-electron chi connectivity index (χ4n) is 5.43. The van der Waals surface area contributed by atoms with Crippen LogP contribution in [-0.4, -0.2) is 63.7 Å². The molecular weight excluding hydrogens is 582 g/mol. The van der Waals surface area contributed by atoms with Gasteiger partial charge in [-0.25, -0.2) is 0 Å². The molecule has 0 radical (unpaired) electrons. The number of rotatable bonds is 10. The first-order valence-corrected chi connectivity index (χ1v) is 13.9. The lowest BCUT2D eigenvalue weighted by molar-refractivity contribution is -0.148. The number of Topliss-reactive ketones (excluding diaryl/α,β-unsaturated/α-hetero) is 1. The standard InChI is InChI=1S/C30H34BrNO8/c1-6-39-9-10-40-30(35)26-16(2)32-21-12-18(17-7-8-23(36-3)24(14-17)37-4)13-22(33)28(21)27(26)19-11-20(31)29(34)25(15-19)38-5/h7-8,11,14-15,18,26-27,34H,6,9-10,12-13H2,1-5H3/t18-,26?,27-/m1/s1. The zero-order valence-electron chi connectivity index (χ0n) is 23.3. The first kappa shape index (κ1) is 29.6. The Labute approximate surface area is 242 Å². The van der Waals surface area contributed by atoms with Crippen molar-refractivity contribution < 1.29 is 38.4 Å². The van der Waals surface area contributed by atoms with E-state index in [1.807, 2.05) is 25.1 Å². The van der Waals surface area contributed by atoms with Gasteiger partial charge in [0.15, 0.2) is 28.8 Å². The van der Waals surface area contributed by atoms with Gasteiger partial charge < -0.3 is 28.8 Å². The Morgan fingerprint density at radius 2 is 1.70 bits per heavy atom. The van der Waals surface area contributed by atoms with Gasteiger partial charge in [-0.2, -0.15) is 0 Å². The van der Waals surface area contributed by atoms with Crippen molar-refractivity contribution in [3.63, 3.8) is 0 Å². The van der Waals surface area contributed by atoms with E-state index in [-0.39, 0.29) is 42.8 Å². The van der Waals surface area contributed by atoms with Crippen LogP contribution in [0.1, 0.15) is 49.7 Å². The smallest absolute Gasteiger partial charge is 0.315 e. The van der Waals surface area contributed by atoms with Gasteiger partial charge in [0, 0.05) is 35.9 Å². The third-order valence-corrected chi connectivity index (χ3v) is 7.93. The number of methoxy groups -OCH3 is 3. The molecule has 40 heavy (non-hydrogen) atoms. The highest BCUT2D eigenvalue weighted by Crippen LogP contribution is 2.49. The third-order valence-electron chi connectivity index (χ3n) is 7.33. The van der Waals surface area contributed by atoms with E-state index in [0.717, 1.165) is 5.56 Å². The number of aromatic hydroxyl groups is 1. The van der Waals surface area contributed by atoms with Gasteiger partial charge >= 0.3 is 5.97 Å². The van der Waals surface area contributed by atoms with Crippen molar-refractivity contribution in [2.24, 2.45) is 10.9 Å². The highest BCUT2D eigenvalue weighted by atomic mass is 79.9. The maximum absolute atomic E-state index is 13.9. The van der Waals surface area contributed by atoms with E-state index < -0.39 is 17.8 Å². The molecular formula is C30H34BrNO8. The molecule has 4 rings (SSSR count). The van der Waals surface area contributed by atoms with Crippen LogP contribution < -0.4 is 14.2 Å². The van der Waals surface area contributed by atoms with Gasteiger partial charge in [-0.1, -0.05) is 6.07 Å². The molecule has 0 amide bonds. The molecule has 1 aliphatic carbocycles. The lowest BCUT2D eigenvalue weighted by atomic mass is 9.69. The Morgan fingerprint density at radius 1 is 1.00 bits per heavy atom. The number of ketones is 1. The number of benzene rings is 2. The normalized spacial score (nSPS) is 20.5. The topological polar surface area (TPSA) is 113 Å². The number of nitrogens with zero attached hydrogens (tertiary/aromatic N) is 1. The van der Waals surface area contributed by atoms with Crippen molar-refractivity contribution >= 4 is 33.4 Å². The van der Waals surface area contributed by atoms with Gasteiger partial charge in [0.2, 0.25) is 0 Å². The monoisotopic (exact) mass is 615 g/mol. The van der Waals surface area contributed by atoms with E-state index in [2.05, 4.69) is 15.9 Å². The highest BCUT2D eigenvalue weighted by molar-refractivity contribution is 9.10. The average Bonchev–Trinajstić information content (AvgIpc) is 2.95. The van der Waals surface area contributed by atoms with Crippen LogP contribution in [0.25, 0.3) is 0 Å². The zero-order chi connectivity index (χ0) is 29.0. The summed E-state index contributed by atoms with van der Waals surface area (Å²) < 4.78 is 27.5. The first-order valence-electron chi connectivity index (χ1n) is 13.1. The zero-order valence-corrected chi connectivity index (χ0v) is 24.9. The second kappa shape index (κ2) is 12.9. The summed E-state index contributed by atoms with van der Waals surface area (Å²) in [5, 5.41) is 10.4. The molecule has 10 heteroatoms. The molecule has 9 nitrogen and oxygen atoms in total. The van der Waals surface area contributed by atoms with E-state index in [0.29, 0.717) is 51.5 Å². The fourth-order valence-corrected chi connectivity index (χ4v) is 5.89. The van der Waals surface area contributed by atoms with E-state index in [1.54, 1.807) is 33.3 Å². The fraction of sp³-hybridized carbons (Fsp3) is 0.433. The van der Waals surface area contributed by atoms with Crippen LogP contribution in [0.5, 0.6) is 23.0 Å².